The minimum atomic E-state index is -0.288. The Morgan fingerprint density at radius 1 is 1.55 bits per heavy atom. The predicted octanol–water partition coefficient (Wildman–Crippen LogP) is 4.36. The lowest BCUT2D eigenvalue weighted by molar-refractivity contribution is -0.147. The van der Waals surface area contributed by atoms with Crippen molar-refractivity contribution in [1.29, 1.82) is 0 Å². The van der Waals surface area contributed by atoms with Gasteiger partial charge in [-0.1, -0.05) is 12.1 Å². The Morgan fingerprint density at radius 3 is 3.18 bits per heavy atom. The highest BCUT2D eigenvalue weighted by Crippen LogP contribution is 2.35. The number of carbonyl (C=O) groups is 1. The van der Waals surface area contributed by atoms with Gasteiger partial charge in [-0.05, 0) is 54.8 Å². The number of halogens is 2. The van der Waals surface area contributed by atoms with Crippen LogP contribution in [0, 0.1) is 16.3 Å². The summed E-state index contributed by atoms with van der Waals surface area (Å²) >= 11 is 3.59. The van der Waals surface area contributed by atoms with Crippen LogP contribution in [0.4, 0.5) is 4.39 Å². The number of thiazole rings is 1. The summed E-state index contributed by atoms with van der Waals surface area (Å²) in [4.78, 5) is 18.1. The van der Waals surface area contributed by atoms with Gasteiger partial charge in [-0.25, -0.2) is 9.37 Å². The van der Waals surface area contributed by atoms with Crippen molar-refractivity contribution in [3.63, 3.8) is 0 Å². The molecule has 116 valence electrons. The zero-order chi connectivity index (χ0) is 15.7. The highest BCUT2D eigenvalue weighted by molar-refractivity contribution is 14.1. The molecule has 0 saturated carbocycles. The summed E-state index contributed by atoms with van der Waals surface area (Å²) in [6, 6.07) is 4.80. The molecular formula is C16H15FINO2S. The van der Waals surface area contributed by atoms with E-state index in [2.05, 4.69) is 4.98 Å². The first-order valence-electron chi connectivity index (χ1n) is 7.12. The molecule has 1 heterocycles. The Bertz CT molecular complexity index is 716. The first-order chi connectivity index (χ1) is 10.6. The molecule has 0 radical (unpaired) electrons. The monoisotopic (exact) mass is 431 g/mol. The molecule has 1 aromatic carbocycles. The molecule has 0 aliphatic heterocycles. The summed E-state index contributed by atoms with van der Waals surface area (Å²) in [6.45, 7) is 2.06. The molecular weight excluding hydrogens is 416 g/mol. The quantitative estimate of drug-likeness (QED) is 0.536. The fraction of sp³-hybridized carbons (Fsp3) is 0.375. The van der Waals surface area contributed by atoms with E-state index in [1.54, 1.807) is 23.5 Å². The highest BCUT2D eigenvalue weighted by atomic mass is 127. The van der Waals surface area contributed by atoms with Crippen molar-refractivity contribution >= 4 is 39.9 Å². The lowest BCUT2D eigenvalue weighted by atomic mass is 9.91. The number of benzene rings is 1. The third-order valence-corrected chi connectivity index (χ3v) is 6.00. The molecule has 0 fully saturated rings. The molecule has 1 unspecified atom stereocenters. The van der Waals surface area contributed by atoms with E-state index in [4.69, 9.17) is 4.74 Å². The number of rotatable bonds is 3. The second-order valence-corrected chi connectivity index (χ2v) is 7.67. The van der Waals surface area contributed by atoms with Gasteiger partial charge >= 0.3 is 5.97 Å². The summed E-state index contributed by atoms with van der Waals surface area (Å²) < 4.78 is 19.4. The van der Waals surface area contributed by atoms with Crippen LogP contribution in [0.1, 0.15) is 39.9 Å². The fourth-order valence-corrected chi connectivity index (χ4v) is 4.23. The van der Waals surface area contributed by atoms with Gasteiger partial charge in [0, 0.05) is 10.4 Å². The third kappa shape index (κ3) is 3.17. The maximum atomic E-state index is 13.5. The molecule has 0 N–H and O–H groups in total. The molecule has 0 bridgehead atoms. The SMILES string of the molecule is Cc1nc2c(s1)CCCC2C(=O)OCc1cccc(F)c1I. The van der Waals surface area contributed by atoms with Gasteiger partial charge in [-0.2, -0.15) is 0 Å². The van der Waals surface area contributed by atoms with E-state index in [1.165, 1.54) is 10.9 Å². The van der Waals surface area contributed by atoms with Crippen LogP contribution in [0.5, 0.6) is 0 Å². The van der Waals surface area contributed by atoms with E-state index in [0.717, 1.165) is 30.0 Å². The summed E-state index contributed by atoms with van der Waals surface area (Å²) in [7, 11) is 0. The van der Waals surface area contributed by atoms with E-state index in [-0.39, 0.29) is 24.3 Å². The predicted molar refractivity (Wildman–Crippen MR) is 91.4 cm³/mol. The Morgan fingerprint density at radius 2 is 2.36 bits per heavy atom. The molecule has 1 atom stereocenters. The molecule has 3 rings (SSSR count). The number of hydrogen-bond donors (Lipinski definition) is 0. The molecule has 6 heteroatoms. The van der Waals surface area contributed by atoms with Gasteiger partial charge < -0.3 is 4.74 Å². The summed E-state index contributed by atoms with van der Waals surface area (Å²) in [5, 5.41) is 0.990. The van der Waals surface area contributed by atoms with Crippen LogP contribution in [-0.2, 0) is 22.6 Å². The molecule has 1 aromatic heterocycles. The van der Waals surface area contributed by atoms with E-state index >= 15 is 0 Å². The average Bonchev–Trinajstić information content (AvgIpc) is 2.88. The molecule has 3 nitrogen and oxygen atoms in total. The Hall–Kier alpha value is -1.02. The Balaban J connectivity index is 1.72. The van der Waals surface area contributed by atoms with Crippen molar-refractivity contribution < 1.29 is 13.9 Å². The maximum Gasteiger partial charge on any atom is 0.315 e. The number of esters is 1. The number of carbonyl (C=O) groups excluding carboxylic acids is 1. The van der Waals surface area contributed by atoms with Crippen molar-refractivity contribution in [3.8, 4) is 0 Å². The van der Waals surface area contributed by atoms with Crippen molar-refractivity contribution in [2.24, 2.45) is 0 Å². The first-order valence-corrected chi connectivity index (χ1v) is 9.01. The first kappa shape index (κ1) is 15.9. The van der Waals surface area contributed by atoms with Gasteiger partial charge in [0.2, 0.25) is 0 Å². The molecule has 2 aromatic rings. The second kappa shape index (κ2) is 6.62. The van der Waals surface area contributed by atoms with Gasteiger partial charge in [-0.15, -0.1) is 11.3 Å². The van der Waals surface area contributed by atoms with Gasteiger partial charge in [0.15, 0.2) is 0 Å². The van der Waals surface area contributed by atoms with Crippen molar-refractivity contribution in [3.05, 3.63) is 48.7 Å². The number of aryl methyl sites for hydroxylation is 2. The summed E-state index contributed by atoms with van der Waals surface area (Å²) in [5.41, 5.74) is 1.58. The zero-order valence-electron chi connectivity index (χ0n) is 12.1. The summed E-state index contributed by atoms with van der Waals surface area (Å²) in [5.74, 6) is -0.824. The second-order valence-electron chi connectivity index (χ2n) is 5.31. The van der Waals surface area contributed by atoms with Crippen molar-refractivity contribution in [1.82, 2.24) is 4.98 Å². The number of fused-ring (bicyclic) bond motifs is 1. The van der Waals surface area contributed by atoms with Gasteiger partial charge in [-0.3, -0.25) is 4.79 Å². The van der Waals surface area contributed by atoms with Crippen LogP contribution >= 0.6 is 33.9 Å². The lowest BCUT2D eigenvalue weighted by Gasteiger charge is -2.19. The number of nitrogens with zero attached hydrogens (tertiary/aromatic N) is 1. The highest BCUT2D eigenvalue weighted by Gasteiger charge is 2.31. The minimum absolute atomic E-state index is 0.101. The molecule has 1 aliphatic rings. The Kier molecular flexibility index (Phi) is 4.77. The van der Waals surface area contributed by atoms with Crippen LogP contribution in [0.2, 0.25) is 0 Å². The van der Waals surface area contributed by atoms with Crippen LogP contribution in [-0.4, -0.2) is 11.0 Å². The van der Waals surface area contributed by atoms with Crippen LogP contribution < -0.4 is 0 Å². The maximum absolute atomic E-state index is 13.5. The molecule has 1 aliphatic carbocycles. The standard InChI is InChI=1S/C16H15FINO2S/c1-9-19-15-11(5-3-7-13(15)22-9)16(20)21-8-10-4-2-6-12(17)14(10)18/h2,4,6,11H,3,5,7-8H2,1H3. The van der Waals surface area contributed by atoms with Crippen molar-refractivity contribution in [2.75, 3.05) is 0 Å². The van der Waals surface area contributed by atoms with Crippen molar-refractivity contribution in [2.45, 2.75) is 38.7 Å². The van der Waals surface area contributed by atoms with E-state index in [0.29, 0.717) is 9.13 Å². The van der Waals surface area contributed by atoms with Gasteiger partial charge in [0.05, 0.1) is 14.3 Å². The smallest absolute Gasteiger partial charge is 0.315 e. The van der Waals surface area contributed by atoms with E-state index < -0.39 is 0 Å². The third-order valence-electron chi connectivity index (χ3n) is 3.75. The molecule has 0 saturated heterocycles. The van der Waals surface area contributed by atoms with Crippen LogP contribution in [0.15, 0.2) is 18.2 Å². The fourth-order valence-electron chi connectivity index (χ4n) is 2.68. The zero-order valence-corrected chi connectivity index (χ0v) is 15.0. The van der Waals surface area contributed by atoms with Crippen LogP contribution in [0.25, 0.3) is 0 Å². The molecule has 0 amide bonds. The van der Waals surface area contributed by atoms with E-state index in [1.807, 2.05) is 29.5 Å². The minimum Gasteiger partial charge on any atom is -0.460 e. The lowest BCUT2D eigenvalue weighted by Crippen LogP contribution is -2.20. The molecule has 0 spiro atoms. The number of aromatic nitrogens is 1. The summed E-state index contributed by atoms with van der Waals surface area (Å²) in [6.07, 6.45) is 2.74. The molecule has 22 heavy (non-hydrogen) atoms. The number of hydrogen-bond acceptors (Lipinski definition) is 4. The number of ether oxygens (including phenoxy) is 1. The largest absolute Gasteiger partial charge is 0.460 e. The van der Waals surface area contributed by atoms with E-state index in [9.17, 15) is 9.18 Å². The van der Waals surface area contributed by atoms with Crippen LogP contribution in [0.3, 0.4) is 0 Å². The average molecular weight is 431 g/mol. The Labute approximate surface area is 146 Å². The van der Waals surface area contributed by atoms with Gasteiger partial charge in [0.1, 0.15) is 18.3 Å². The normalized spacial score (nSPS) is 17.1. The topological polar surface area (TPSA) is 39.2 Å². The van der Waals surface area contributed by atoms with Gasteiger partial charge in [0.25, 0.3) is 0 Å².